The molecule has 3 aromatic rings. The normalized spacial score (nSPS) is 17.1. The Bertz CT molecular complexity index is 1180. The summed E-state index contributed by atoms with van der Waals surface area (Å²) >= 11 is 0. The fourth-order valence-corrected chi connectivity index (χ4v) is 3.93. The van der Waals surface area contributed by atoms with Crippen LogP contribution in [-0.4, -0.2) is 40.9 Å². The molecule has 0 amide bonds. The minimum atomic E-state index is -4.59. The number of nitrogens with zero attached hydrogens (tertiary/aromatic N) is 3. The largest absolute Gasteiger partial charge is 0.493 e. The summed E-state index contributed by atoms with van der Waals surface area (Å²) in [6.07, 6.45) is -2.89. The zero-order valence-electron chi connectivity index (χ0n) is 19.1. The van der Waals surface area contributed by atoms with Crippen molar-refractivity contribution in [1.82, 2.24) is 15.0 Å². The average Bonchev–Trinajstić information content (AvgIpc) is 3.31. The van der Waals surface area contributed by atoms with E-state index in [0.29, 0.717) is 46.2 Å². The van der Waals surface area contributed by atoms with Crippen molar-refractivity contribution in [3.05, 3.63) is 41.3 Å². The molecule has 1 unspecified atom stereocenters. The number of nitrogens with two attached hydrogens (primary N) is 1. The van der Waals surface area contributed by atoms with Gasteiger partial charge in [0.1, 0.15) is 29.3 Å². The smallest absolute Gasteiger partial charge is 0.433 e. The molecule has 3 N–H and O–H groups in total. The van der Waals surface area contributed by atoms with Crippen LogP contribution in [0.2, 0.25) is 0 Å². The lowest BCUT2D eigenvalue weighted by Crippen LogP contribution is -2.28. The molecule has 1 saturated heterocycles. The minimum absolute atomic E-state index is 0.00718. The molecular formula is C23H26F3N5O3. The van der Waals surface area contributed by atoms with Gasteiger partial charge in [0.25, 0.3) is 0 Å². The lowest BCUT2D eigenvalue weighted by atomic mass is 10.1. The molecule has 2 atom stereocenters. The van der Waals surface area contributed by atoms with Crippen LogP contribution in [0.1, 0.15) is 36.8 Å². The predicted molar refractivity (Wildman–Crippen MR) is 121 cm³/mol. The van der Waals surface area contributed by atoms with E-state index in [1.54, 1.807) is 26.2 Å². The molecule has 1 aliphatic heterocycles. The van der Waals surface area contributed by atoms with Gasteiger partial charge in [0.05, 0.1) is 18.7 Å². The number of rotatable bonds is 7. The number of anilines is 2. The van der Waals surface area contributed by atoms with Gasteiger partial charge in [-0.3, -0.25) is 0 Å². The van der Waals surface area contributed by atoms with Crippen molar-refractivity contribution in [2.24, 2.45) is 0 Å². The van der Waals surface area contributed by atoms with Gasteiger partial charge < -0.3 is 25.3 Å². The Kier molecular flexibility index (Phi) is 6.65. The van der Waals surface area contributed by atoms with Crippen molar-refractivity contribution >= 4 is 22.5 Å². The molecule has 0 bridgehead atoms. The predicted octanol–water partition coefficient (Wildman–Crippen LogP) is 4.50. The average molecular weight is 477 g/mol. The van der Waals surface area contributed by atoms with Gasteiger partial charge in [0, 0.05) is 24.6 Å². The van der Waals surface area contributed by atoms with Gasteiger partial charge in [-0.25, -0.2) is 15.0 Å². The number of aryl methyl sites for hydroxylation is 1. The summed E-state index contributed by atoms with van der Waals surface area (Å²) in [6.45, 7) is 4.43. The molecule has 182 valence electrons. The van der Waals surface area contributed by atoms with Crippen LogP contribution in [0.3, 0.4) is 0 Å². The Morgan fingerprint density at radius 2 is 1.97 bits per heavy atom. The summed E-state index contributed by atoms with van der Waals surface area (Å²) in [7, 11) is 1.55. The maximum absolute atomic E-state index is 13.1. The number of hydrogen-bond acceptors (Lipinski definition) is 8. The van der Waals surface area contributed by atoms with Crippen LogP contribution in [0, 0.1) is 6.92 Å². The molecule has 2 aromatic heterocycles. The van der Waals surface area contributed by atoms with Crippen molar-refractivity contribution in [2.75, 3.05) is 24.8 Å². The van der Waals surface area contributed by atoms with E-state index in [4.69, 9.17) is 19.9 Å². The Hall–Kier alpha value is -3.34. The number of alkyl halides is 3. The summed E-state index contributed by atoms with van der Waals surface area (Å²) in [6, 6.07) is 5.86. The third-order valence-electron chi connectivity index (χ3n) is 5.55. The van der Waals surface area contributed by atoms with E-state index in [-0.39, 0.29) is 24.6 Å². The number of hydrogen-bond donors (Lipinski definition) is 2. The number of ether oxygens (including phenoxy) is 3. The molecular weight excluding hydrogens is 451 g/mol. The van der Waals surface area contributed by atoms with Crippen molar-refractivity contribution < 1.29 is 27.4 Å². The highest BCUT2D eigenvalue weighted by atomic mass is 19.4. The van der Waals surface area contributed by atoms with E-state index in [1.807, 2.05) is 6.92 Å². The lowest BCUT2D eigenvalue weighted by Gasteiger charge is -2.22. The van der Waals surface area contributed by atoms with Gasteiger partial charge in [-0.1, -0.05) is 0 Å². The summed E-state index contributed by atoms with van der Waals surface area (Å²) in [5.41, 5.74) is 5.47. The first kappa shape index (κ1) is 23.8. The number of halogens is 3. The van der Waals surface area contributed by atoms with E-state index in [0.717, 1.165) is 18.9 Å². The van der Waals surface area contributed by atoms with Gasteiger partial charge in [-0.2, -0.15) is 13.2 Å². The zero-order chi connectivity index (χ0) is 24.5. The van der Waals surface area contributed by atoms with Crippen LogP contribution < -0.4 is 20.5 Å². The molecule has 34 heavy (non-hydrogen) atoms. The Labute approximate surface area is 194 Å². The second kappa shape index (κ2) is 9.49. The maximum atomic E-state index is 13.1. The summed E-state index contributed by atoms with van der Waals surface area (Å²) < 4.78 is 56.7. The molecule has 1 aliphatic rings. The summed E-state index contributed by atoms with van der Waals surface area (Å²) in [5, 5.41) is 3.74. The molecule has 8 nitrogen and oxygen atoms in total. The van der Waals surface area contributed by atoms with Gasteiger partial charge in [0.2, 0.25) is 0 Å². The van der Waals surface area contributed by atoms with Crippen molar-refractivity contribution in [1.29, 1.82) is 0 Å². The van der Waals surface area contributed by atoms with E-state index >= 15 is 0 Å². The Morgan fingerprint density at radius 3 is 2.65 bits per heavy atom. The Morgan fingerprint density at radius 1 is 1.18 bits per heavy atom. The first-order valence-corrected chi connectivity index (χ1v) is 10.9. The number of nitrogens with one attached hydrogen (secondary N) is 1. The standard InChI is InChI=1S/C23H26F3N5O3/c1-12(17-5-4-6-33-17)34-19-9-15-16(10-18(19)32-3)29-13(2)30-22(15)28-11-14-7-20(23(24,25)26)31-21(27)8-14/h7-10,12,17H,4-6,11H2,1-3H3,(H2,27,31)(H,28,29,30)/t12?,17-/m0/s1. The third-order valence-corrected chi connectivity index (χ3v) is 5.55. The van der Waals surface area contributed by atoms with Gasteiger partial charge >= 0.3 is 6.18 Å². The number of fused-ring (bicyclic) bond motifs is 1. The molecule has 3 heterocycles. The molecule has 4 rings (SSSR count). The second-order valence-electron chi connectivity index (χ2n) is 8.15. The molecule has 1 fully saturated rings. The highest BCUT2D eigenvalue weighted by Gasteiger charge is 2.33. The maximum Gasteiger partial charge on any atom is 0.433 e. The fraction of sp³-hybridized carbons (Fsp3) is 0.435. The first-order chi connectivity index (χ1) is 16.1. The van der Waals surface area contributed by atoms with Crippen LogP contribution in [0.4, 0.5) is 24.8 Å². The SMILES string of the molecule is COc1cc2nc(C)nc(NCc3cc(N)nc(C(F)(F)F)c3)c2cc1OC(C)[C@@H]1CCCO1. The number of nitrogen functional groups attached to an aromatic ring is 1. The minimum Gasteiger partial charge on any atom is -0.493 e. The quantitative estimate of drug-likeness (QED) is 0.513. The second-order valence-corrected chi connectivity index (χ2v) is 8.15. The molecule has 0 saturated carbocycles. The van der Waals surface area contributed by atoms with Crippen molar-refractivity contribution in [3.8, 4) is 11.5 Å². The lowest BCUT2D eigenvalue weighted by molar-refractivity contribution is -0.141. The van der Waals surface area contributed by atoms with Crippen LogP contribution >= 0.6 is 0 Å². The van der Waals surface area contributed by atoms with Crippen molar-refractivity contribution in [2.45, 2.75) is 51.6 Å². The van der Waals surface area contributed by atoms with E-state index in [1.165, 1.54) is 6.07 Å². The summed E-state index contributed by atoms with van der Waals surface area (Å²) in [4.78, 5) is 12.3. The van der Waals surface area contributed by atoms with Crippen LogP contribution in [-0.2, 0) is 17.5 Å². The number of benzene rings is 1. The highest BCUT2D eigenvalue weighted by molar-refractivity contribution is 5.91. The van der Waals surface area contributed by atoms with Gasteiger partial charge in [-0.05, 0) is 50.5 Å². The Balaban J connectivity index is 1.65. The molecule has 0 spiro atoms. The zero-order valence-corrected chi connectivity index (χ0v) is 19.1. The number of pyridine rings is 1. The molecule has 0 aliphatic carbocycles. The van der Waals surface area contributed by atoms with Gasteiger partial charge in [0.15, 0.2) is 11.5 Å². The van der Waals surface area contributed by atoms with E-state index in [2.05, 4.69) is 20.3 Å². The first-order valence-electron chi connectivity index (χ1n) is 10.9. The number of methoxy groups -OCH3 is 1. The highest BCUT2D eigenvalue weighted by Crippen LogP contribution is 2.36. The van der Waals surface area contributed by atoms with E-state index < -0.39 is 11.9 Å². The van der Waals surface area contributed by atoms with E-state index in [9.17, 15) is 13.2 Å². The summed E-state index contributed by atoms with van der Waals surface area (Å²) in [5.74, 6) is 1.74. The van der Waals surface area contributed by atoms with Crippen LogP contribution in [0.25, 0.3) is 10.9 Å². The van der Waals surface area contributed by atoms with Crippen LogP contribution in [0.15, 0.2) is 24.3 Å². The monoisotopic (exact) mass is 477 g/mol. The van der Waals surface area contributed by atoms with Crippen molar-refractivity contribution in [3.63, 3.8) is 0 Å². The van der Waals surface area contributed by atoms with Gasteiger partial charge in [-0.15, -0.1) is 0 Å². The molecule has 11 heteroatoms. The fourth-order valence-electron chi connectivity index (χ4n) is 3.93. The molecule has 0 radical (unpaired) electrons. The topological polar surface area (TPSA) is 104 Å². The number of aromatic nitrogens is 3. The third kappa shape index (κ3) is 5.24. The molecule has 1 aromatic carbocycles. The van der Waals surface area contributed by atoms with Crippen LogP contribution in [0.5, 0.6) is 11.5 Å².